The molecule has 72 valence electrons. The lowest BCUT2D eigenvalue weighted by molar-refractivity contribution is 0.627. The van der Waals surface area contributed by atoms with E-state index >= 15 is 0 Å². The smallest absolute Gasteiger partial charge is 0.239 e. The molecular formula is C8H6BrFN4. The third-order valence-corrected chi connectivity index (χ3v) is 2.10. The molecule has 0 saturated carbocycles. The number of H-pyrrole nitrogens is 1. The Morgan fingerprint density at radius 2 is 2.14 bits per heavy atom. The van der Waals surface area contributed by atoms with Crippen molar-refractivity contribution in [1.82, 2.24) is 15.2 Å². The van der Waals surface area contributed by atoms with E-state index in [1.807, 2.05) is 0 Å². The quantitative estimate of drug-likeness (QED) is 0.820. The minimum absolute atomic E-state index is 0.139. The Kier molecular flexibility index (Phi) is 2.20. The third kappa shape index (κ3) is 1.74. The van der Waals surface area contributed by atoms with Crippen LogP contribution in [0.4, 0.5) is 10.3 Å². The highest BCUT2D eigenvalue weighted by Crippen LogP contribution is 2.21. The van der Waals surface area contributed by atoms with E-state index in [9.17, 15) is 4.39 Å². The summed E-state index contributed by atoms with van der Waals surface area (Å²) in [6.45, 7) is 0. The first-order valence-corrected chi connectivity index (χ1v) is 4.59. The molecule has 0 fully saturated rings. The van der Waals surface area contributed by atoms with Crippen LogP contribution >= 0.6 is 15.9 Å². The van der Waals surface area contributed by atoms with Gasteiger partial charge in [0.1, 0.15) is 5.82 Å². The monoisotopic (exact) mass is 256 g/mol. The molecule has 0 aliphatic carbocycles. The fourth-order valence-electron chi connectivity index (χ4n) is 1.09. The van der Waals surface area contributed by atoms with E-state index in [4.69, 9.17) is 5.73 Å². The Morgan fingerprint density at radius 1 is 1.36 bits per heavy atom. The minimum atomic E-state index is -0.343. The maximum atomic E-state index is 13.0. The van der Waals surface area contributed by atoms with Crippen molar-refractivity contribution in [2.75, 3.05) is 5.73 Å². The summed E-state index contributed by atoms with van der Waals surface area (Å²) in [4.78, 5) is 3.89. The number of aromatic nitrogens is 3. The van der Waals surface area contributed by atoms with Crippen molar-refractivity contribution in [3.05, 3.63) is 28.5 Å². The number of hydrogen-bond acceptors (Lipinski definition) is 3. The van der Waals surface area contributed by atoms with Gasteiger partial charge < -0.3 is 5.73 Å². The number of nitrogens with two attached hydrogens (primary N) is 1. The average Bonchev–Trinajstić information content (AvgIpc) is 2.50. The van der Waals surface area contributed by atoms with Gasteiger partial charge in [-0.2, -0.15) is 4.98 Å². The topological polar surface area (TPSA) is 67.6 Å². The number of benzene rings is 1. The van der Waals surface area contributed by atoms with Crippen LogP contribution in [0.25, 0.3) is 11.4 Å². The summed E-state index contributed by atoms with van der Waals surface area (Å²) < 4.78 is 13.6. The first kappa shape index (κ1) is 9.14. The van der Waals surface area contributed by atoms with Gasteiger partial charge in [0.25, 0.3) is 0 Å². The summed E-state index contributed by atoms with van der Waals surface area (Å²) in [7, 11) is 0. The van der Waals surface area contributed by atoms with Crippen LogP contribution in [0.5, 0.6) is 0 Å². The number of halogens is 2. The molecule has 1 aromatic heterocycles. The number of aromatic amines is 1. The van der Waals surface area contributed by atoms with Crippen LogP contribution in [-0.2, 0) is 0 Å². The van der Waals surface area contributed by atoms with Gasteiger partial charge >= 0.3 is 0 Å². The molecule has 2 rings (SSSR count). The van der Waals surface area contributed by atoms with Crippen LogP contribution in [0.3, 0.4) is 0 Å². The summed E-state index contributed by atoms with van der Waals surface area (Å²) in [5.74, 6) is 0.243. The van der Waals surface area contributed by atoms with Crippen LogP contribution in [0, 0.1) is 5.82 Å². The Bertz CT molecular complexity index is 448. The molecule has 0 aliphatic rings. The summed E-state index contributed by atoms with van der Waals surface area (Å²) >= 11 is 3.18. The molecule has 0 radical (unpaired) electrons. The molecule has 0 saturated heterocycles. The van der Waals surface area contributed by atoms with Crippen molar-refractivity contribution in [2.45, 2.75) is 0 Å². The SMILES string of the molecule is Nc1n[nH]c(-c2cc(F)cc(Br)c2)n1. The second-order valence-corrected chi connectivity index (χ2v) is 3.62. The van der Waals surface area contributed by atoms with Gasteiger partial charge in [0.05, 0.1) is 0 Å². The van der Waals surface area contributed by atoms with E-state index in [-0.39, 0.29) is 11.8 Å². The summed E-state index contributed by atoms with van der Waals surface area (Å²) in [5, 5.41) is 6.26. The second-order valence-electron chi connectivity index (χ2n) is 2.70. The number of nitrogen functional groups attached to an aromatic ring is 1. The lowest BCUT2D eigenvalue weighted by Gasteiger charge is -1.97. The van der Waals surface area contributed by atoms with Crippen LogP contribution in [-0.4, -0.2) is 15.2 Å². The number of rotatable bonds is 1. The third-order valence-electron chi connectivity index (χ3n) is 1.64. The van der Waals surface area contributed by atoms with Gasteiger partial charge in [0.2, 0.25) is 5.95 Å². The van der Waals surface area contributed by atoms with Gasteiger partial charge in [-0.1, -0.05) is 15.9 Å². The van der Waals surface area contributed by atoms with E-state index in [1.54, 1.807) is 6.07 Å². The van der Waals surface area contributed by atoms with Crippen molar-refractivity contribution in [2.24, 2.45) is 0 Å². The lowest BCUT2D eigenvalue weighted by Crippen LogP contribution is -1.86. The fourth-order valence-corrected chi connectivity index (χ4v) is 1.56. The number of hydrogen-bond donors (Lipinski definition) is 2. The van der Waals surface area contributed by atoms with Gasteiger partial charge in [0.15, 0.2) is 5.82 Å². The van der Waals surface area contributed by atoms with Gasteiger partial charge in [-0.3, -0.25) is 5.10 Å². The molecule has 6 heteroatoms. The molecule has 3 N–H and O–H groups in total. The van der Waals surface area contributed by atoms with Gasteiger partial charge in [-0.15, -0.1) is 5.10 Å². The molecule has 1 heterocycles. The van der Waals surface area contributed by atoms with Crippen LogP contribution in [0.1, 0.15) is 0 Å². The molecule has 0 spiro atoms. The summed E-state index contributed by atoms with van der Waals surface area (Å²) in [5.41, 5.74) is 5.93. The predicted octanol–water partition coefficient (Wildman–Crippen LogP) is 1.96. The van der Waals surface area contributed by atoms with Crippen molar-refractivity contribution < 1.29 is 4.39 Å². The molecule has 4 nitrogen and oxygen atoms in total. The maximum absolute atomic E-state index is 13.0. The Labute approximate surface area is 87.5 Å². The maximum Gasteiger partial charge on any atom is 0.239 e. The zero-order chi connectivity index (χ0) is 10.1. The van der Waals surface area contributed by atoms with Crippen LogP contribution in [0.2, 0.25) is 0 Å². The Morgan fingerprint density at radius 3 is 2.71 bits per heavy atom. The van der Waals surface area contributed by atoms with Crippen molar-refractivity contribution in [3.63, 3.8) is 0 Å². The van der Waals surface area contributed by atoms with Gasteiger partial charge in [0, 0.05) is 10.0 Å². The Balaban J connectivity index is 2.51. The first-order chi connectivity index (χ1) is 6.65. The van der Waals surface area contributed by atoms with E-state index in [0.717, 1.165) is 0 Å². The summed E-state index contributed by atoms with van der Waals surface area (Å²) in [6, 6.07) is 4.44. The molecule has 0 bridgehead atoms. The highest BCUT2D eigenvalue weighted by molar-refractivity contribution is 9.10. The normalized spacial score (nSPS) is 10.4. The molecule has 0 unspecified atom stereocenters. The fraction of sp³-hybridized carbons (Fsp3) is 0. The zero-order valence-corrected chi connectivity index (χ0v) is 8.55. The van der Waals surface area contributed by atoms with Gasteiger partial charge in [-0.25, -0.2) is 4.39 Å². The van der Waals surface area contributed by atoms with Crippen molar-refractivity contribution in [1.29, 1.82) is 0 Å². The Hall–Kier alpha value is -1.43. The predicted molar refractivity (Wildman–Crippen MR) is 53.9 cm³/mol. The second kappa shape index (κ2) is 3.38. The molecule has 0 atom stereocenters. The number of anilines is 1. The standard InChI is InChI=1S/C8H6BrFN4/c9-5-1-4(2-6(10)3-5)7-12-8(11)14-13-7/h1-3H,(H3,11,12,13,14). The molecule has 0 amide bonds. The molecule has 0 aliphatic heterocycles. The molecular weight excluding hydrogens is 251 g/mol. The van der Waals surface area contributed by atoms with E-state index in [0.29, 0.717) is 15.9 Å². The lowest BCUT2D eigenvalue weighted by atomic mass is 10.2. The highest BCUT2D eigenvalue weighted by atomic mass is 79.9. The molecule has 2 aromatic rings. The number of nitrogens with zero attached hydrogens (tertiary/aromatic N) is 2. The molecule has 14 heavy (non-hydrogen) atoms. The van der Waals surface area contributed by atoms with Crippen molar-refractivity contribution in [3.8, 4) is 11.4 Å². The first-order valence-electron chi connectivity index (χ1n) is 3.79. The van der Waals surface area contributed by atoms with Gasteiger partial charge in [-0.05, 0) is 18.2 Å². The van der Waals surface area contributed by atoms with E-state index in [1.165, 1.54) is 12.1 Å². The largest absolute Gasteiger partial charge is 0.366 e. The summed E-state index contributed by atoms with van der Waals surface area (Å²) in [6.07, 6.45) is 0. The van der Waals surface area contributed by atoms with E-state index in [2.05, 4.69) is 31.1 Å². The zero-order valence-electron chi connectivity index (χ0n) is 6.96. The van der Waals surface area contributed by atoms with Crippen molar-refractivity contribution >= 4 is 21.9 Å². The molecule has 1 aromatic carbocycles. The average molecular weight is 257 g/mol. The van der Waals surface area contributed by atoms with Crippen LogP contribution < -0.4 is 5.73 Å². The van der Waals surface area contributed by atoms with E-state index < -0.39 is 0 Å². The highest BCUT2D eigenvalue weighted by Gasteiger charge is 2.05. The number of nitrogens with one attached hydrogen (secondary N) is 1. The minimum Gasteiger partial charge on any atom is -0.366 e. The van der Waals surface area contributed by atoms with Crippen LogP contribution in [0.15, 0.2) is 22.7 Å².